The van der Waals surface area contributed by atoms with E-state index in [9.17, 15) is 13.6 Å². The van der Waals surface area contributed by atoms with Crippen LogP contribution in [0.3, 0.4) is 0 Å². The highest BCUT2D eigenvalue weighted by Gasteiger charge is 2.25. The molecule has 10 heteroatoms. The summed E-state index contributed by atoms with van der Waals surface area (Å²) in [5.74, 6) is -1.73. The van der Waals surface area contributed by atoms with Gasteiger partial charge in [0.1, 0.15) is 11.3 Å². The third-order valence-electron chi connectivity index (χ3n) is 4.98. The van der Waals surface area contributed by atoms with Gasteiger partial charge in [0, 0.05) is 44.5 Å². The smallest absolute Gasteiger partial charge is 0.280 e. The van der Waals surface area contributed by atoms with Crippen LogP contribution in [-0.2, 0) is 4.74 Å². The van der Waals surface area contributed by atoms with Crippen molar-refractivity contribution in [3.05, 3.63) is 41.7 Å². The van der Waals surface area contributed by atoms with Crippen molar-refractivity contribution in [3.8, 4) is 0 Å². The van der Waals surface area contributed by atoms with E-state index in [2.05, 4.69) is 15.0 Å². The van der Waals surface area contributed by atoms with Crippen molar-refractivity contribution in [1.29, 1.82) is 0 Å². The molecule has 1 saturated heterocycles. The molecule has 3 heterocycles. The number of amides is 1. The van der Waals surface area contributed by atoms with Crippen molar-refractivity contribution in [3.63, 3.8) is 0 Å². The third-order valence-corrected chi connectivity index (χ3v) is 6.00. The van der Waals surface area contributed by atoms with Crippen molar-refractivity contribution in [2.75, 3.05) is 44.3 Å². The number of benzene rings is 1. The molecule has 1 aromatic carbocycles. The second kappa shape index (κ2) is 8.75. The van der Waals surface area contributed by atoms with Crippen LogP contribution in [0, 0.1) is 11.6 Å². The summed E-state index contributed by atoms with van der Waals surface area (Å²) in [6.45, 7) is 7.79. The summed E-state index contributed by atoms with van der Waals surface area (Å²) in [5.41, 5.74) is 0.352. The molecule has 0 aliphatic carbocycles. The van der Waals surface area contributed by atoms with Crippen LogP contribution in [0.25, 0.3) is 10.2 Å². The summed E-state index contributed by atoms with van der Waals surface area (Å²) in [6.07, 6.45) is 1.76. The number of hydrogen-bond donors (Lipinski definition) is 0. The molecule has 7 nitrogen and oxygen atoms in total. The molecule has 0 unspecified atom stereocenters. The van der Waals surface area contributed by atoms with Crippen molar-refractivity contribution in [2.24, 2.45) is 0 Å². The maximum absolute atomic E-state index is 14.2. The average molecular weight is 436 g/mol. The predicted molar refractivity (Wildman–Crippen MR) is 111 cm³/mol. The lowest BCUT2D eigenvalue weighted by molar-refractivity contribution is 0.0391. The second-order valence-corrected chi connectivity index (χ2v) is 8.43. The van der Waals surface area contributed by atoms with Crippen LogP contribution in [0.5, 0.6) is 0 Å². The van der Waals surface area contributed by atoms with Crippen molar-refractivity contribution in [1.82, 2.24) is 19.7 Å². The molecule has 0 atom stereocenters. The molecule has 1 aliphatic rings. The molecule has 0 radical (unpaired) electrons. The molecule has 0 spiro atoms. The molecule has 0 saturated carbocycles. The number of aromatic nitrogens is 3. The lowest BCUT2D eigenvalue weighted by Crippen LogP contribution is -2.43. The van der Waals surface area contributed by atoms with Gasteiger partial charge in [-0.15, -0.1) is 0 Å². The quantitative estimate of drug-likeness (QED) is 0.594. The van der Waals surface area contributed by atoms with Gasteiger partial charge in [-0.25, -0.2) is 13.8 Å². The summed E-state index contributed by atoms with van der Waals surface area (Å²) in [7, 11) is 0. The van der Waals surface area contributed by atoms with E-state index in [0.29, 0.717) is 36.1 Å². The minimum absolute atomic E-state index is 0.0632. The first-order valence-electron chi connectivity index (χ1n) is 9.85. The monoisotopic (exact) mass is 435 g/mol. The van der Waals surface area contributed by atoms with Gasteiger partial charge in [0.15, 0.2) is 16.6 Å². The molecule has 4 rings (SSSR count). The van der Waals surface area contributed by atoms with Gasteiger partial charge in [-0.2, -0.15) is 5.10 Å². The standard InChI is InChI=1S/C20H23F2N5O2S/c1-13(2)27-4-3-16(24-27)19(28)26(6-5-25-7-9-29-10-8-25)20-23-18-15(22)11-14(21)12-17(18)30-20/h3-4,11-13H,5-10H2,1-2H3. The Morgan fingerprint density at radius 3 is 2.77 bits per heavy atom. The molecule has 0 N–H and O–H groups in total. The molecule has 160 valence electrons. The third kappa shape index (κ3) is 4.35. The predicted octanol–water partition coefficient (Wildman–Crippen LogP) is 3.33. The van der Waals surface area contributed by atoms with E-state index < -0.39 is 11.6 Å². The Morgan fingerprint density at radius 1 is 1.30 bits per heavy atom. The fourth-order valence-electron chi connectivity index (χ4n) is 3.29. The molecule has 1 fully saturated rings. The zero-order chi connectivity index (χ0) is 21.3. The van der Waals surface area contributed by atoms with Crippen LogP contribution in [0.2, 0.25) is 0 Å². The van der Waals surface area contributed by atoms with E-state index in [-0.39, 0.29) is 23.2 Å². The highest BCUT2D eigenvalue weighted by molar-refractivity contribution is 7.22. The van der Waals surface area contributed by atoms with Crippen molar-refractivity contribution >= 4 is 32.6 Å². The molecular weight excluding hydrogens is 412 g/mol. The number of ether oxygens (including phenoxy) is 1. The highest BCUT2D eigenvalue weighted by Crippen LogP contribution is 2.32. The lowest BCUT2D eigenvalue weighted by Gasteiger charge is -2.29. The molecule has 30 heavy (non-hydrogen) atoms. The Kier molecular flexibility index (Phi) is 6.07. The number of fused-ring (bicyclic) bond motifs is 1. The number of nitrogens with zero attached hydrogens (tertiary/aromatic N) is 5. The molecule has 3 aromatic rings. The number of hydrogen-bond acceptors (Lipinski definition) is 6. The fraction of sp³-hybridized carbons (Fsp3) is 0.450. The minimum atomic E-state index is -0.739. The van der Waals surface area contributed by atoms with Gasteiger partial charge in [-0.3, -0.25) is 19.3 Å². The van der Waals surface area contributed by atoms with Gasteiger partial charge in [-0.1, -0.05) is 11.3 Å². The van der Waals surface area contributed by atoms with Crippen molar-refractivity contribution in [2.45, 2.75) is 19.9 Å². The number of halogens is 2. The summed E-state index contributed by atoms with van der Waals surface area (Å²) < 4.78 is 35.3. The van der Waals surface area contributed by atoms with E-state index in [1.807, 2.05) is 13.8 Å². The van der Waals surface area contributed by atoms with Crippen LogP contribution in [0.1, 0.15) is 30.4 Å². The van der Waals surface area contributed by atoms with Gasteiger partial charge in [0.05, 0.1) is 17.9 Å². The first-order valence-corrected chi connectivity index (χ1v) is 10.7. The van der Waals surface area contributed by atoms with Gasteiger partial charge < -0.3 is 4.74 Å². The average Bonchev–Trinajstić information content (AvgIpc) is 3.36. The van der Waals surface area contributed by atoms with E-state index in [1.54, 1.807) is 16.9 Å². The van der Waals surface area contributed by atoms with Crippen LogP contribution in [0.15, 0.2) is 24.4 Å². The fourth-order valence-corrected chi connectivity index (χ4v) is 4.32. The lowest BCUT2D eigenvalue weighted by atomic mass is 10.3. The Bertz CT molecular complexity index is 1050. The van der Waals surface area contributed by atoms with E-state index >= 15 is 0 Å². The Morgan fingerprint density at radius 2 is 2.07 bits per heavy atom. The van der Waals surface area contributed by atoms with Crippen LogP contribution in [-0.4, -0.2) is 65.0 Å². The van der Waals surface area contributed by atoms with Gasteiger partial charge in [0.25, 0.3) is 5.91 Å². The summed E-state index contributed by atoms with van der Waals surface area (Å²) in [5, 5.41) is 4.70. The van der Waals surface area contributed by atoms with Crippen LogP contribution in [0.4, 0.5) is 13.9 Å². The van der Waals surface area contributed by atoms with Gasteiger partial charge >= 0.3 is 0 Å². The number of carbonyl (C=O) groups is 1. The maximum Gasteiger partial charge on any atom is 0.280 e. The molecule has 1 aliphatic heterocycles. The van der Waals surface area contributed by atoms with Crippen molar-refractivity contribution < 1.29 is 18.3 Å². The summed E-state index contributed by atoms with van der Waals surface area (Å²) in [4.78, 5) is 21.3. The maximum atomic E-state index is 14.2. The highest BCUT2D eigenvalue weighted by atomic mass is 32.1. The minimum Gasteiger partial charge on any atom is -0.379 e. The number of carbonyl (C=O) groups excluding carboxylic acids is 1. The first kappa shape index (κ1) is 20.8. The molecule has 0 bridgehead atoms. The van der Waals surface area contributed by atoms with Gasteiger partial charge in [-0.05, 0) is 26.0 Å². The number of thiazole rings is 1. The largest absolute Gasteiger partial charge is 0.379 e. The number of anilines is 1. The summed E-state index contributed by atoms with van der Waals surface area (Å²) in [6, 6.07) is 3.82. The van der Waals surface area contributed by atoms with E-state index in [4.69, 9.17) is 4.74 Å². The van der Waals surface area contributed by atoms with E-state index in [0.717, 1.165) is 30.5 Å². The van der Waals surface area contributed by atoms with Crippen LogP contribution < -0.4 is 4.90 Å². The Hall–Kier alpha value is -2.43. The molecule has 1 amide bonds. The van der Waals surface area contributed by atoms with Crippen LogP contribution >= 0.6 is 11.3 Å². The number of rotatable bonds is 6. The van der Waals surface area contributed by atoms with Gasteiger partial charge in [0.2, 0.25) is 0 Å². The topological polar surface area (TPSA) is 63.5 Å². The number of morpholine rings is 1. The molecular formula is C20H23F2N5O2S. The molecule has 2 aromatic heterocycles. The summed E-state index contributed by atoms with van der Waals surface area (Å²) >= 11 is 1.09. The SMILES string of the molecule is CC(C)n1ccc(C(=O)N(CCN2CCOCC2)c2nc3c(F)cc(F)cc3s2)n1. The Balaban J connectivity index is 1.65. The normalized spacial score (nSPS) is 15.2. The van der Waals surface area contributed by atoms with E-state index in [1.165, 1.54) is 11.0 Å². The zero-order valence-electron chi connectivity index (χ0n) is 16.8. The first-order chi connectivity index (χ1) is 14.4. The Labute approximate surface area is 176 Å². The zero-order valence-corrected chi connectivity index (χ0v) is 17.7. The second-order valence-electron chi connectivity index (χ2n) is 7.42.